The zero-order valence-electron chi connectivity index (χ0n) is 10.0. The third kappa shape index (κ3) is 3.89. The van der Waals surface area contributed by atoms with Gasteiger partial charge in [0.15, 0.2) is 0 Å². The summed E-state index contributed by atoms with van der Waals surface area (Å²) in [5.41, 5.74) is 0. The van der Waals surface area contributed by atoms with Gasteiger partial charge in [-0.1, -0.05) is 13.3 Å². The Kier molecular flexibility index (Phi) is 4.59. The van der Waals surface area contributed by atoms with Gasteiger partial charge < -0.3 is 10.0 Å². The molecule has 1 amide bonds. The summed E-state index contributed by atoms with van der Waals surface area (Å²) < 4.78 is 36.4. The smallest absolute Gasteiger partial charge is 0.397 e. The highest BCUT2D eigenvalue weighted by Gasteiger charge is 2.40. The van der Waals surface area contributed by atoms with E-state index in [4.69, 9.17) is 5.11 Å². The molecule has 0 spiro atoms. The van der Waals surface area contributed by atoms with Crippen LogP contribution in [0.5, 0.6) is 0 Å². The lowest BCUT2D eigenvalue weighted by Gasteiger charge is -2.37. The Hall–Kier alpha value is -1.27. The molecule has 0 aromatic rings. The average molecular weight is 267 g/mol. The molecule has 0 aliphatic carbocycles. The van der Waals surface area contributed by atoms with E-state index < -0.39 is 30.5 Å². The lowest BCUT2D eigenvalue weighted by atomic mass is 9.88. The molecule has 2 atom stereocenters. The normalized spacial score (nSPS) is 25.0. The summed E-state index contributed by atoms with van der Waals surface area (Å²) in [4.78, 5) is 23.3. The van der Waals surface area contributed by atoms with Crippen molar-refractivity contribution in [2.45, 2.75) is 44.8 Å². The number of amides is 1. The minimum absolute atomic E-state index is 0.0877. The fourth-order valence-corrected chi connectivity index (χ4v) is 2.21. The molecule has 1 rings (SSSR count). The van der Waals surface area contributed by atoms with E-state index in [-0.39, 0.29) is 18.9 Å². The summed E-state index contributed by atoms with van der Waals surface area (Å²) in [6.45, 7) is 1.99. The number of alkyl halides is 3. The number of rotatable bonds is 3. The van der Waals surface area contributed by atoms with E-state index in [0.29, 0.717) is 6.42 Å². The average Bonchev–Trinajstić information content (AvgIpc) is 2.25. The van der Waals surface area contributed by atoms with Crippen molar-refractivity contribution in [1.29, 1.82) is 0 Å². The van der Waals surface area contributed by atoms with E-state index in [9.17, 15) is 22.8 Å². The molecule has 0 radical (unpaired) electrons. The summed E-state index contributed by atoms with van der Waals surface area (Å²) in [7, 11) is 0. The number of halogens is 3. The molecular weight excluding hydrogens is 251 g/mol. The maximum absolute atomic E-state index is 12.1. The number of hydrogen-bond donors (Lipinski definition) is 1. The van der Waals surface area contributed by atoms with E-state index in [2.05, 4.69) is 0 Å². The van der Waals surface area contributed by atoms with Gasteiger partial charge in [-0.05, 0) is 18.8 Å². The van der Waals surface area contributed by atoms with E-state index in [1.165, 1.54) is 0 Å². The SMILES string of the molecule is CCC1CCN(C(=O)CC(F)(F)F)C(C(=O)O)C1. The fourth-order valence-electron chi connectivity index (χ4n) is 2.21. The van der Waals surface area contributed by atoms with Crippen LogP contribution in [-0.2, 0) is 9.59 Å². The van der Waals surface area contributed by atoms with Crippen LogP contribution in [0, 0.1) is 5.92 Å². The van der Waals surface area contributed by atoms with Crippen molar-refractivity contribution in [2.75, 3.05) is 6.54 Å². The summed E-state index contributed by atoms with van der Waals surface area (Å²) in [6, 6.07) is -1.13. The van der Waals surface area contributed by atoms with Crippen molar-refractivity contribution in [3.63, 3.8) is 0 Å². The third-order valence-corrected chi connectivity index (χ3v) is 3.25. The highest BCUT2D eigenvalue weighted by atomic mass is 19.4. The Bertz CT molecular complexity index is 330. The molecule has 0 bridgehead atoms. The van der Waals surface area contributed by atoms with Crippen molar-refractivity contribution >= 4 is 11.9 Å². The van der Waals surface area contributed by atoms with Crippen molar-refractivity contribution in [2.24, 2.45) is 5.92 Å². The lowest BCUT2D eigenvalue weighted by molar-refractivity contribution is -0.169. The Morgan fingerprint density at radius 2 is 2.00 bits per heavy atom. The van der Waals surface area contributed by atoms with Crippen LogP contribution in [0.2, 0.25) is 0 Å². The number of nitrogens with zero attached hydrogens (tertiary/aromatic N) is 1. The number of piperidine rings is 1. The minimum Gasteiger partial charge on any atom is -0.480 e. The zero-order chi connectivity index (χ0) is 13.9. The highest BCUT2D eigenvalue weighted by Crippen LogP contribution is 2.28. The fraction of sp³-hybridized carbons (Fsp3) is 0.818. The quantitative estimate of drug-likeness (QED) is 0.851. The predicted octanol–water partition coefficient (Wildman–Crippen LogP) is 2.04. The van der Waals surface area contributed by atoms with Crippen LogP contribution in [0.15, 0.2) is 0 Å². The highest BCUT2D eigenvalue weighted by molar-refractivity contribution is 5.84. The van der Waals surface area contributed by atoms with Gasteiger partial charge >= 0.3 is 12.1 Å². The van der Waals surface area contributed by atoms with Crippen LogP contribution in [0.3, 0.4) is 0 Å². The zero-order valence-corrected chi connectivity index (χ0v) is 10.0. The lowest BCUT2D eigenvalue weighted by Crippen LogP contribution is -2.50. The number of carbonyl (C=O) groups excluding carboxylic acids is 1. The predicted molar refractivity (Wildman–Crippen MR) is 56.8 cm³/mol. The molecule has 2 unspecified atom stereocenters. The van der Waals surface area contributed by atoms with Crippen LogP contribution in [0.1, 0.15) is 32.6 Å². The van der Waals surface area contributed by atoms with Crippen molar-refractivity contribution in [3.05, 3.63) is 0 Å². The summed E-state index contributed by atoms with van der Waals surface area (Å²) in [6.07, 6.45) is -4.63. The molecule has 1 N–H and O–H groups in total. The molecule has 7 heteroatoms. The van der Waals surface area contributed by atoms with Gasteiger partial charge in [0.1, 0.15) is 12.5 Å². The van der Waals surface area contributed by atoms with E-state index in [1.807, 2.05) is 6.92 Å². The molecule has 104 valence electrons. The van der Waals surface area contributed by atoms with Crippen molar-refractivity contribution in [3.8, 4) is 0 Å². The van der Waals surface area contributed by atoms with Crippen LogP contribution in [0.4, 0.5) is 13.2 Å². The molecule has 4 nitrogen and oxygen atoms in total. The second-order valence-electron chi connectivity index (χ2n) is 4.53. The maximum atomic E-state index is 12.1. The maximum Gasteiger partial charge on any atom is 0.397 e. The molecule has 0 saturated carbocycles. The van der Waals surface area contributed by atoms with Gasteiger partial charge in [0.2, 0.25) is 5.91 Å². The Labute approximate surface area is 103 Å². The van der Waals surface area contributed by atoms with E-state index in [0.717, 1.165) is 11.3 Å². The third-order valence-electron chi connectivity index (χ3n) is 3.25. The Morgan fingerprint density at radius 3 is 2.44 bits per heavy atom. The first kappa shape index (κ1) is 14.8. The van der Waals surface area contributed by atoms with Crippen molar-refractivity contribution < 1.29 is 27.9 Å². The van der Waals surface area contributed by atoms with Gasteiger partial charge in [0.05, 0.1) is 0 Å². The van der Waals surface area contributed by atoms with E-state index in [1.54, 1.807) is 0 Å². The molecule has 1 aliphatic heterocycles. The van der Waals surface area contributed by atoms with Gasteiger partial charge in [-0.15, -0.1) is 0 Å². The molecule has 1 saturated heterocycles. The minimum atomic E-state index is -4.60. The molecule has 0 aromatic heterocycles. The molecular formula is C11H16F3NO3. The second kappa shape index (κ2) is 5.58. The number of aliphatic carboxylic acids is 1. The molecule has 1 heterocycles. The number of carboxylic acid groups (broad SMARTS) is 1. The number of carboxylic acids is 1. The standard InChI is InChI=1S/C11H16F3NO3/c1-2-7-3-4-15(8(5-7)10(17)18)9(16)6-11(12,13)14/h7-8H,2-6H2,1H3,(H,17,18). The topological polar surface area (TPSA) is 57.6 Å². The van der Waals surface area contributed by atoms with Crippen LogP contribution in [0.25, 0.3) is 0 Å². The molecule has 18 heavy (non-hydrogen) atoms. The largest absolute Gasteiger partial charge is 0.480 e. The van der Waals surface area contributed by atoms with Crippen molar-refractivity contribution in [1.82, 2.24) is 4.90 Å². The molecule has 0 aromatic carbocycles. The first-order valence-electron chi connectivity index (χ1n) is 5.83. The van der Waals surface area contributed by atoms with Crippen LogP contribution < -0.4 is 0 Å². The second-order valence-corrected chi connectivity index (χ2v) is 4.53. The Balaban J connectivity index is 2.74. The molecule has 1 fully saturated rings. The van der Waals surface area contributed by atoms with Gasteiger partial charge in [0, 0.05) is 6.54 Å². The first-order chi connectivity index (χ1) is 8.24. The summed E-state index contributed by atoms with van der Waals surface area (Å²) in [5, 5.41) is 8.99. The number of likely N-dealkylation sites (tertiary alicyclic amines) is 1. The molecule has 1 aliphatic rings. The summed E-state index contributed by atoms with van der Waals surface area (Å²) in [5.74, 6) is -2.23. The van der Waals surface area contributed by atoms with Crippen LogP contribution in [-0.4, -0.2) is 40.6 Å². The first-order valence-corrected chi connectivity index (χ1v) is 5.83. The van der Waals surface area contributed by atoms with Gasteiger partial charge in [0.25, 0.3) is 0 Å². The van der Waals surface area contributed by atoms with Crippen LogP contribution >= 0.6 is 0 Å². The number of carbonyl (C=O) groups is 2. The van der Waals surface area contributed by atoms with Gasteiger partial charge in [-0.3, -0.25) is 4.79 Å². The monoisotopic (exact) mass is 267 g/mol. The number of hydrogen-bond acceptors (Lipinski definition) is 2. The van der Waals surface area contributed by atoms with E-state index >= 15 is 0 Å². The Morgan fingerprint density at radius 1 is 1.39 bits per heavy atom. The van der Waals surface area contributed by atoms with Gasteiger partial charge in [-0.25, -0.2) is 4.79 Å². The summed E-state index contributed by atoms with van der Waals surface area (Å²) >= 11 is 0. The van der Waals surface area contributed by atoms with Gasteiger partial charge in [-0.2, -0.15) is 13.2 Å².